The fraction of sp³-hybridized carbons (Fsp3) is 0.538. The zero-order valence-corrected chi connectivity index (χ0v) is 11.1. The Morgan fingerprint density at radius 1 is 1.20 bits per heavy atom. The Balaban J connectivity index is 1.74. The first-order valence-electron chi connectivity index (χ1n) is 6.57. The molecule has 0 amide bonds. The van der Waals surface area contributed by atoms with E-state index < -0.39 is 37.8 Å². The van der Waals surface area contributed by atoms with Crippen LogP contribution in [0.15, 0.2) is 30.3 Å². The molecule has 1 aromatic carbocycles. The number of fused-ring (bicyclic) bond motifs is 1. The van der Waals surface area contributed by atoms with Crippen molar-refractivity contribution in [3.63, 3.8) is 0 Å². The summed E-state index contributed by atoms with van der Waals surface area (Å²) in [6, 6.07) is 9.45. The predicted molar refractivity (Wildman–Crippen MR) is 70.3 cm³/mol. The molecule has 0 saturated carbocycles. The lowest BCUT2D eigenvalue weighted by Crippen LogP contribution is -2.65. The van der Waals surface area contributed by atoms with Crippen LogP contribution in [0.4, 0.5) is 0 Å². The van der Waals surface area contributed by atoms with Gasteiger partial charge in [-0.25, -0.2) is 0 Å². The zero-order chi connectivity index (χ0) is 14.1. The van der Waals surface area contributed by atoms with Crippen molar-refractivity contribution in [3.8, 4) is 0 Å². The number of rotatable bonds is 2. The average Bonchev–Trinajstić information content (AvgIpc) is 2.51. The largest absolute Gasteiger partial charge is 0.494 e. The molecule has 0 spiro atoms. The van der Waals surface area contributed by atoms with Crippen LogP contribution >= 0.6 is 0 Å². The predicted octanol–water partition coefficient (Wildman–Crippen LogP) is -1.11. The van der Waals surface area contributed by atoms with Gasteiger partial charge in [-0.3, -0.25) is 0 Å². The molecule has 7 heteroatoms. The fourth-order valence-electron chi connectivity index (χ4n) is 2.55. The maximum absolute atomic E-state index is 10.1. The van der Waals surface area contributed by atoms with Gasteiger partial charge in [-0.2, -0.15) is 0 Å². The molecule has 1 aromatic rings. The monoisotopic (exact) mass is 280 g/mol. The first-order chi connectivity index (χ1) is 9.70. The number of aliphatic hydroxyl groups excluding tert-OH is 2. The van der Waals surface area contributed by atoms with Gasteiger partial charge in [-0.05, 0) is 5.46 Å². The van der Waals surface area contributed by atoms with Gasteiger partial charge in [0, 0.05) is 7.11 Å². The van der Waals surface area contributed by atoms with Crippen molar-refractivity contribution in [1.82, 2.24) is 0 Å². The van der Waals surface area contributed by atoms with E-state index in [4.69, 9.17) is 18.8 Å². The number of benzene rings is 1. The molecule has 5 atom stereocenters. The SMILES string of the molecule is CO[C@@H]1O[C@@H]2COB(c3ccccc3)O[C@@H]2[C@H](O)[C@H]1O. The molecule has 3 rings (SSSR count). The van der Waals surface area contributed by atoms with Gasteiger partial charge in [0.2, 0.25) is 0 Å². The lowest BCUT2D eigenvalue weighted by atomic mass is 9.76. The van der Waals surface area contributed by atoms with E-state index >= 15 is 0 Å². The van der Waals surface area contributed by atoms with Gasteiger partial charge in [-0.15, -0.1) is 0 Å². The van der Waals surface area contributed by atoms with E-state index in [-0.39, 0.29) is 6.61 Å². The van der Waals surface area contributed by atoms with Crippen molar-refractivity contribution in [2.45, 2.75) is 30.7 Å². The molecule has 108 valence electrons. The van der Waals surface area contributed by atoms with E-state index in [9.17, 15) is 10.2 Å². The summed E-state index contributed by atoms with van der Waals surface area (Å²) < 4.78 is 21.9. The summed E-state index contributed by atoms with van der Waals surface area (Å²) in [6.07, 6.45) is -4.19. The second-order valence-corrected chi connectivity index (χ2v) is 4.94. The summed E-state index contributed by atoms with van der Waals surface area (Å²) in [5.41, 5.74) is 0.863. The van der Waals surface area contributed by atoms with Crippen LogP contribution in [0.2, 0.25) is 0 Å². The van der Waals surface area contributed by atoms with E-state index in [1.807, 2.05) is 30.3 Å². The minimum absolute atomic E-state index is 0.272. The Kier molecular flexibility index (Phi) is 4.07. The molecule has 2 N–H and O–H groups in total. The van der Waals surface area contributed by atoms with E-state index in [0.29, 0.717) is 0 Å². The second kappa shape index (κ2) is 5.81. The first kappa shape index (κ1) is 14.0. The Morgan fingerprint density at radius 3 is 2.65 bits per heavy atom. The van der Waals surface area contributed by atoms with Gasteiger partial charge in [0.1, 0.15) is 24.4 Å². The van der Waals surface area contributed by atoms with Crippen LogP contribution in [0.5, 0.6) is 0 Å². The Hall–Kier alpha value is -0.955. The van der Waals surface area contributed by atoms with E-state index in [0.717, 1.165) is 5.46 Å². The summed E-state index contributed by atoms with van der Waals surface area (Å²) >= 11 is 0. The summed E-state index contributed by atoms with van der Waals surface area (Å²) in [5.74, 6) is 0. The Bertz CT molecular complexity index is 442. The van der Waals surface area contributed by atoms with Gasteiger partial charge >= 0.3 is 7.12 Å². The smallest absolute Gasteiger partial charge is 0.404 e. The molecular formula is C13H17BO6. The van der Waals surface area contributed by atoms with Crippen molar-refractivity contribution < 1.29 is 29.0 Å². The highest BCUT2D eigenvalue weighted by Gasteiger charge is 2.49. The number of hydrogen-bond donors (Lipinski definition) is 2. The number of hydrogen-bond acceptors (Lipinski definition) is 6. The van der Waals surface area contributed by atoms with Gasteiger partial charge in [0.25, 0.3) is 0 Å². The third kappa shape index (κ3) is 2.48. The van der Waals surface area contributed by atoms with E-state index in [1.165, 1.54) is 7.11 Å². The van der Waals surface area contributed by atoms with Crippen LogP contribution in [-0.2, 0) is 18.8 Å². The molecule has 2 aliphatic rings. The van der Waals surface area contributed by atoms with Crippen molar-refractivity contribution >= 4 is 12.6 Å². The minimum atomic E-state index is -1.14. The number of ether oxygens (including phenoxy) is 2. The standard InChI is InChI=1S/C13H17BO6/c1-17-13-11(16)10(15)12-9(19-13)7-18-14(20-12)8-5-3-2-4-6-8/h2-6,9-13,15-16H,7H2,1H3/t9-,10-,11-,12+,13-/m1/s1. The normalized spacial score (nSPS) is 37.5. The molecule has 6 nitrogen and oxygen atoms in total. The minimum Gasteiger partial charge on any atom is -0.404 e. The fourth-order valence-corrected chi connectivity index (χ4v) is 2.55. The number of aliphatic hydroxyl groups is 2. The van der Waals surface area contributed by atoms with Crippen LogP contribution in [0, 0.1) is 0 Å². The van der Waals surface area contributed by atoms with Gasteiger partial charge < -0.3 is 29.0 Å². The maximum atomic E-state index is 10.1. The molecule has 20 heavy (non-hydrogen) atoms. The van der Waals surface area contributed by atoms with Crippen molar-refractivity contribution in [1.29, 1.82) is 0 Å². The molecule has 2 fully saturated rings. The van der Waals surface area contributed by atoms with Crippen molar-refractivity contribution in [2.75, 3.05) is 13.7 Å². The molecule has 2 aliphatic heterocycles. The van der Waals surface area contributed by atoms with Crippen molar-refractivity contribution in [3.05, 3.63) is 30.3 Å². The molecule has 0 bridgehead atoms. The summed E-state index contributed by atoms with van der Waals surface area (Å²) in [7, 11) is 0.847. The second-order valence-electron chi connectivity index (χ2n) is 4.94. The third-order valence-corrected chi connectivity index (χ3v) is 3.64. The van der Waals surface area contributed by atoms with Crippen molar-refractivity contribution in [2.24, 2.45) is 0 Å². The Morgan fingerprint density at radius 2 is 1.95 bits per heavy atom. The molecule has 0 aromatic heterocycles. The topological polar surface area (TPSA) is 77.4 Å². The summed E-state index contributed by atoms with van der Waals surface area (Å²) in [5, 5.41) is 20.1. The first-order valence-corrected chi connectivity index (χ1v) is 6.57. The van der Waals surface area contributed by atoms with Crippen LogP contribution in [0.25, 0.3) is 0 Å². The Labute approximate surface area is 117 Å². The molecule has 2 heterocycles. The van der Waals surface area contributed by atoms with Gasteiger partial charge in [0.05, 0.1) is 6.61 Å². The highest BCUT2D eigenvalue weighted by molar-refractivity contribution is 6.61. The van der Waals surface area contributed by atoms with Crippen LogP contribution in [-0.4, -0.2) is 61.8 Å². The van der Waals surface area contributed by atoms with Crippen LogP contribution in [0.1, 0.15) is 0 Å². The lowest BCUT2D eigenvalue weighted by molar-refractivity contribution is -0.298. The van der Waals surface area contributed by atoms with Crippen LogP contribution < -0.4 is 5.46 Å². The zero-order valence-electron chi connectivity index (χ0n) is 11.1. The molecule has 0 aliphatic carbocycles. The summed E-state index contributed by atoms with van der Waals surface area (Å²) in [4.78, 5) is 0. The molecule has 0 radical (unpaired) electrons. The highest BCUT2D eigenvalue weighted by atomic mass is 16.7. The van der Waals surface area contributed by atoms with Gasteiger partial charge in [-0.1, -0.05) is 30.3 Å². The van der Waals surface area contributed by atoms with Crippen LogP contribution in [0.3, 0.4) is 0 Å². The number of methoxy groups -OCH3 is 1. The third-order valence-electron chi connectivity index (χ3n) is 3.64. The van der Waals surface area contributed by atoms with E-state index in [2.05, 4.69) is 0 Å². The highest BCUT2D eigenvalue weighted by Crippen LogP contribution is 2.27. The maximum Gasteiger partial charge on any atom is 0.494 e. The molecule has 0 unspecified atom stereocenters. The van der Waals surface area contributed by atoms with E-state index in [1.54, 1.807) is 0 Å². The quantitative estimate of drug-likeness (QED) is 0.669. The average molecular weight is 280 g/mol. The summed E-state index contributed by atoms with van der Waals surface area (Å²) in [6.45, 7) is 0.272. The molecular weight excluding hydrogens is 263 g/mol. The molecule has 2 saturated heterocycles. The van der Waals surface area contributed by atoms with Gasteiger partial charge in [0.15, 0.2) is 6.29 Å². The lowest BCUT2D eigenvalue weighted by Gasteiger charge is -2.45.